The van der Waals surface area contributed by atoms with Crippen LogP contribution in [-0.4, -0.2) is 19.4 Å². The van der Waals surface area contributed by atoms with Crippen molar-refractivity contribution in [2.45, 2.75) is 20.4 Å². The Morgan fingerprint density at radius 3 is 2.93 bits per heavy atom. The smallest absolute Gasteiger partial charge is 0.149 e. The van der Waals surface area contributed by atoms with Crippen LogP contribution in [0.2, 0.25) is 0 Å². The summed E-state index contributed by atoms with van der Waals surface area (Å²) in [6.07, 6.45) is 0. The van der Waals surface area contributed by atoms with E-state index < -0.39 is 0 Å². The third-order valence-electron chi connectivity index (χ3n) is 2.09. The monoisotopic (exact) mass is 224 g/mol. The summed E-state index contributed by atoms with van der Waals surface area (Å²) in [5.41, 5.74) is 5.49. The maximum Gasteiger partial charge on any atom is 0.149 e. The van der Waals surface area contributed by atoms with Crippen LogP contribution in [0.1, 0.15) is 17.1 Å². The summed E-state index contributed by atoms with van der Waals surface area (Å²) in [6, 6.07) is 2.02. The van der Waals surface area contributed by atoms with Crippen LogP contribution < -0.4 is 11.3 Å². The molecule has 2 aromatic heterocycles. The lowest BCUT2D eigenvalue weighted by Gasteiger charge is -2.02. The minimum atomic E-state index is 0.593. The van der Waals surface area contributed by atoms with Crippen molar-refractivity contribution in [1.82, 2.24) is 19.4 Å². The maximum absolute atomic E-state index is 5.34. The zero-order valence-electron chi connectivity index (χ0n) is 8.56. The van der Waals surface area contributed by atoms with Gasteiger partial charge in [-0.1, -0.05) is 4.49 Å². The summed E-state index contributed by atoms with van der Waals surface area (Å²) in [5.74, 6) is 5.34. The summed E-state index contributed by atoms with van der Waals surface area (Å²) >= 11 is 1.24. The summed E-state index contributed by atoms with van der Waals surface area (Å²) in [4.78, 5) is 0. The standard InChI is InChI=1S/C8H12N6S/c1-5-3-6(2)14(12-5)4-7-8(10-9)15-13-11-7/h3,10H,4,9H2,1-2H3. The van der Waals surface area contributed by atoms with Gasteiger partial charge >= 0.3 is 0 Å². The fraction of sp³-hybridized carbons (Fsp3) is 0.375. The summed E-state index contributed by atoms with van der Waals surface area (Å²) in [6.45, 7) is 4.57. The molecule has 0 spiro atoms. The molecule has 0 unspecified atom stereocenters. The Hall–Kier alpha value is -1.47. The van der Waals surface area contributed by atoms with Crippen LogP contribution in [0.3, 0.4) is 0 Å². The van der Waals surface area contributed by atoms with E-state index in [0.717, 1.165) is 22.1 Å². The molecule has 15 heavy (non-hydrogen) atoms. The van der Waals surface area contributed by atoms with Gasteiger partial charge in [-0.05, 0) is 19.9 Å². The first-order valence-electron chi connectivity index (χ1n) is 4.49. The topological polar surface area (TPSA) is 81.7 Å². The molecule has 80 valence electrons. The summed E-state index contributed by atoms with van der Waals surface area (Å²) < 4.78 is 5.72. The lowest BCUT2D eigenvalue weighted by atomic mass is 10.4. The van der Waals surface area contributed by atoms with Gasteiger partial charge in [0.25, 0.3) is 0 Å². The Kier molecular flexibility index (Phi) is 2.65. The van der Waals surface area contributed by atoms with Crippen LogP contribution in [0.25, 0.3) is 0 Å². The number of nitrogens with two attached hydrogens (primary N) is 1. The van der Waals surface area contributed by atoms with E-state index in [1.807, 2.05) is 24.6 Å². The molecule has 0 amide bonds. The van der Waals surface area contributed by atoms with E-state index in [1.54, 1.807) is 0 Å². The fourth-order valence-corrected chi connectivity index (χ4v) is 1.88. The zero-order valence-corrected chi connectivity index (χ0v) is 9.38. The molecule has 3 N–H and O–H groups in total. The lowest BCUT2D eigenvalue weighted by Crippen LogP contribution is -2.10. The Morgan fingerprint density at radius 1 is 1.53 bits per heavy atom. The SMILES string of the molecule is Cc1cc(C)n(Cc2nnsc2NN)n1. The summed E-state index contributed by atoms with van der Waals surface area (Å²) in [7, 11) is 0. The quantitative estimate of drug-likeness (QED) is 0.592. The normalized spacial score (nSPS) is 10.6. The molecule has 2 rings (SSSR count). The number of hydrazine groups is 1. The number of rotatable bonds is 3. The van der Waals surface area contributed by atoms with Gasteiger partial charge < -0.3 is 5.43 Å². The number of nitrogens with one attached hydrogen (secondary N) is 1. The van der Waals surface area contributed by atoms with Gasteiger partial charge in [0, 0.05) is 17.2 Å². The van der Waals surface area contributed by atoms with Crippen molar-refractivity contribution >= 4 is 16.5 Å². The van der Waals surface area contributed by atoms with Crippen LogP contribution in [0.4, 0.5) is 5.00 Å². The van der Waals surface area contributed by atoms with Gasteiger partial charge in [0.2, 0.25) is 0 Å². The Morgan fingerprint density at radius 2 is 2.33 bits per heavy atom. The highest BCUT2D eigenvalue weighted by Gasteiger charge is 2.09. The molecule has 0 radical (unpaired) electrons. The van der Waals surface area contributed by atoms with Crippen molar-refractivity contribution in [2.75, 3.05) is 5.43 Å². The van der Waals surface area contributed by atoms with Crippen molar-refractivity contribution in [3.05, 3.63) is 23.1 Å². The molecule has 0 aliphatic carbocycles. The maximum atomic E-state index is 5.34. The Labute approximate surface area is 91.2 Å². The molecule has 0 saturated carbocycles. The van der Waals surface area contributed by atoms with Crippen molar-refractivity contribution < 1.29 is 0 Å². The van der Waals surface area contributed by atoms with Gasteiger partial charge in [-0.3, -0.25) is 4.68 Å². The van der Waals surface area contributed by atoms with E-state index in [-0.39, 0.29) is 0 Å². The predicted octanol–water partition coefficient (Wildman–Crippen LogP) is 0.685. The molecule has 7 heteroatoms. The first-order valence-corrected chi connectivity index (χ1v) is 5.27. The number of nitrogen functional groups attached to an aromatic ring is 1. The lowest BCUT2D eigenvalue weighted by molar-refractivity contribution is 0.646. The largest absolute Gasteiger partial charge is 0.313 e. The highest BCUT2D eigenvalue weighted by molar-refractivity contribution is 7.10. The molecule has 0 fully saturated rings. The van der Waals surface area contributed by atoms with Gasteiger partial charge in [-0.25, -0.2) is 5.84 Å². The molecule has 0 atom stereocenters. The molecule has 6 nitrogen and oxygen atoms in total. The van der Waals surface area contributed by atoms with Gasteiger partial charge in [-0.2, -0.15) is 5.10 Å². The molecule has 2 aromatic rings. The van der Waals surface area contributed by atoms with Crippen molar-refractivity contribution in [3.8, 4) is 0 Å². The van der Waals surface area contributed by atoms with E-state index in [1.165, 1.54) is 11.5 Å². The first kappa shape index (κ1) is 10.1. The van der Waals surface area contributed by atoms with Crippen molar-refractivity contribution in [1.29, 1.82) is 0 Å². The van der Waals surface area contributed by atoms with E-state index >= 15 is 0 Å². The van der Waals surface area contributed by atoms with E-state index in [2.05, 4.69) is 20.1 Å². The minimum Gasteiger partial charge on any atom is -0.313 e. The van der Waals surface area contributed by atoms with Gasteiger partial charge in [0.1, 0.15) is 10.7 Å². The van der Waals surface area contributed by atoms with E-state index in [9.17, 15) is 0 Å². The Bertz CT molecular complexity index is 459. The highest BCUT2D eigenvalue weighted by Crippen LogP contribution is 2.17. The second kappa shape index (κ2) is 3.95. The third kappa shape index (κ3) is 1.97. The molecule has 0 saturated heterocycles. The number of hydrogen-bond acceptors (Lipinski definition) is 6. The second-order valence-corrected chi connectivity index (χ2v) is 4.03. The number of nitrogens with zero attached hydrogens (tertiary/aromatic N) is 4. The van der Waals surface area contributed by atoms with Crippen LogP contribution in [0.5, 0.6) is 0 Å². The zero-order chi connectivity index (χ0) is 10.8. The number of aryl methyl sites for hydroxylation is 2. The van der Waals surface area contributed by atoms with Crippen LogP contribution in [0, 0.1) is 13.8 Å². The van der Waals surface area contributed by atoms with Crippen LogP contribution in [0.15, 0.2) is 6.07 Å². The van der Waals surface area contributed by atoms with Gasteiger partial charge in [-0.15, -0.1) is 5.10 Å². The molecular formula is C8H12N6S. The molecular weight excluding hydrogens is 212 g/mol. The van der Waals surface area contributed by atoms with Gasteiger partial charge in [0.15, 0.2) is 0 Å². The third-order valence-corrected chi connectivity index (χ3v) is 2.79. The second-order valence-electron chi connectivity index (χ2n) is 3.28. The number of hydrogen-bond donors (Lipinski definition) is 2. The fourth-order valence-electron chi connectivity index (χ4n) is 1.40. The van der Waals surface area contributed by atoms with Crippen molar-refractivity contribution in [2.24, 2.45) is 5.84 Å². The minimum absolute atomic E-state index is 0.593. The average Bonchev–Trinajstić information content (AvgIpc) is 2.74. The summed E-state index contributed by atoms with van der Waals surface area (Å²) in [5, 5.41) is 9.12. The molecule has 0 bridgehead atoms. The average molecular weight is 224 g/mol. The van der Waals surface area contributed by atoms with Gasteiger partial charge in [0.05, 0.1) is 12.2 Å². The van der Waals surface area contributed by atoms with E-state index in [0.29, 0.717) is 6.54 Å². The van der Waals surface area contributed by atoms with E-state index in [4.69, 9.17) is 5.84 Å². The van der Waals surface area contributed by atoms with Crippen LogP contribution in [-0.2, 0) is 6.54 Å². The predicted molar refractivity (Wildman–Crippen MR) is 58.5 cm³/mol. The van der Waals surface area contributed by atoms with Crippen LogP contribution >= 0.6 is 11.5 Å². The molecule has 2 heterocycles. The number of aromatic nitrogens is 4. The van der Waals surface area contributed by atoms with Crippen molar-refractivity contribution in [3.63, 3.8) is 0 Å². The molecule has 0 aromatic carbocycles. The first-order chi connectivity index (χ1) is 7.20. The highest BCUT2D eigenvalue weighted by atomic mass is 32.1. The number of anilines is 1. The molecule has 0 aliphatic heterocycles. The Balaban J connectivity index is 2.25. The molecule has 0 aliphatic rings.